The minimum atomic E-state index is -0.520. The number of nitrogens with zero attached hydrogens (tertiary/aromatic N) is 1. The normalized spacial score (nSPS) is 11.9. The molecule has 0 unspecified atom stereocenters. The Morgan fingerprint density at radius 2 is 1.69 bits per heavy atom. The maximum atomic E-state index is 13.2. The molecule has 2 amide bonds. The molecular formula is C24H31ClN2O2. The van der Waals surface area contributed by atoms with Crippen LogP contribution in [0.1, 0.15) is 44.7 Å². The molecule has 0 radical (unpaired) electrons. The molecule has 5 heteroatoms. The molecule has 0 saturated heterocycles. The molecule has 0 spiro atoms. The zero-order valence-electron chi connectivity index (χ0n) is 17.5. The first-order chi connectivity index (χ1) is 13.9. The van der Waals surface area contributed by atoms with Gasteiger partial charge in [-0.05, 0) is 36.0 Å². The monoisotopic (exact) mass is 414 g/mol. The highest BCUT2D eigenvalue weighted by molar-refractivity contribution is 6.31. The van der Waals surface area contributed by atoms with Gasteiger partial charge >= 0.3 is 0 Å². The van der Waals surface area contributed by atoms with Crippen LogP contribution in [0.15, 0.2) is 54.6 Å². The molecule has 0 aliphatic rings. The summed E-state index contributed by atoms with van der Waals surface area (Å²) in [4.78, 5) is 27.7. The molecule has 2 aromatic carbocycles. The van der Waals surface area contributed by atoms with Crippen LogP contribution in [0.5, 0.6) is 0 Å². The Hall–Kier alpha value is -2.33. The highest BCUT2D eigenvalue weighted by Crippen LogP contribution is 2.20. The van der Waals surface area contributed by atoms with E-state index in [1.807, 2.05) is 75.4 Å². The van der Waals surface area contributed by atoms with Gasteiger partial charge in [0.1, 0.15) is 6.04 Å². The maximum absolute atomic E-state index is 13.2. The van der Waals surface area contributed by atoms with Crippen LogP contribution in [0, 0.1) is 5.92 Å². The summed E-state index contributed by atoms with van der Waals surface area (Å²) >= 11 is 6.34. The average Bonchev–Trinajstić information content (AvgIpc) is 2.72. The number of benzene rings is 2. The van der Waals surface area contributed by atoms with Gasteiger partial charge in [-0.1, -0.05) is 80.9 Å². The number of carbonyl (C=O) groups excluding carboxylic acids is 2. The summed E-state index contributed by atoms with van der Waals surface area (Å²) in [6.45, 7) is 6.94. The lowest BCUT2D eigenvalue weighted by Crippen LogP contribution is -2.49. The number of amides is 2. The van der Waals surface area contributed by atoms with E-state index in [1.165, 1.54) is 0 Å². The second-order valence-corrected chi connectivity index (χ2v) is 8.07. The third-order valence-electron chi connectivity index (χ3n) is 4.84. The van der Waals surface area contributed by atoms with Crippen molar-refractivity contribution in [2.24, 2.45) is 5.92 Å². The van der Waals surface area contributed by atoms with Crippen molar-refractivity contribution in [1.82, 2.24) is 10.2 Å². The van der Waals surface area contributed by atoms with Crippen LogP contribution in [0.2, 0.25) is 5.02 Å². The Balaban J connectivity index is 2.19. The van der Waals surface area contributed by atoms with Gasteiger partial charge in [-0.2, -0.15) is 0 Å². The summed E-state index contributed by atoms with van der Waals surface area (Å²) in [5, 5.41) is 3.58. The average molecular weight is 415 g/mol. The Morgan fingerprint density at radius 3 is 2.31 bits per heavy atom. The molecule has 0 fully saturated rings. The molecule has 2 aromatic rings. The first-order valence-electron chi connectivity index (χ1n) is 10.3. The van der Waals surface area contributed by atoms with Crippen molar-refractivity contribution in [3.63, 3.8) is 0 Å². The zero-order valence-corrected chi connectivity index (χ0v) is 18.3. The molecule has 0 saturated carbocycles. The topological polar surface area (TPSA) is 49.4 Å². The Morgan fingerprint density at radius 1 is 1.03 bits per heavy atom. The van der Waals surface area contributed by atoms with E-state index in [9.17, 15) is 9.59 Å². The van der Waals surface area contributed by atoms with E-state index >= 15 is 0 Å². The van der Waals surface area contributed by atoms with Gasteiger partial charge in [0.2, 0.25) is 11.8 Å². The van der Waals surface area contributed by atoms with Crippen molar-refractivity contribution in [3.8, 4) is 0 Å². The van der Waals surface area contributed by atoms with Crippen LogP contribution in [-0.2, 0) is 22.6 Å². The van der Waals surface area contributed by atoms with Gasteiger partial charge in [0, 0.05) is 24.5 Å². The van der Waals surface area contributed by atoms with Gasteiger partial charge in [0.15, 0.2) is 0 Å². The number of hydrogen-bond acceptors (Lipinski definition) is 2. The molecule has 0 aromatic heterocycles. The van der Waals surface area contributed by atoms with E-state index in [2.05, 4.69) is 5.32 Å². The number of carbonyl (C=O) groups is 2. The molecule has 4 nitrogen and oxygen atoms in total. The third kappa shape index (κ3) is 7.21. The van der Waals surface area contributed by atoms with Crippen molar-refractivity contribution in [1.29, 1.82) is 0 Å². The summed E-state index contributed by atoms with van der Waals surface area (Å²) in [5.74, 6) is 0.198. The van der Waals surface area contributed by atoms with Crippen LogP contribution < -0.4 is 5.32 Å². The van der Waals surface area contributed by atoms with Gasteiger partial charge in [0.05, 0.1) is 0 Å². The minimum Gasteiger partial charge on any atom is -0.354 e. The maximum Gasteiger partial charge on any atom is 0.242 e. The van der Waals surface area contributed by atoms with Crippen LogP contribution >= 0.6 is 11.6 Å². The highest BCUT2D eigenvalue weighted by Gasteiger charge is 2.28. The summed E-state index contributed by atoms with van der Waals surface area (Å²) in [6.07, 6.45) is 1.54. The molecular weight excluding hydrogens is 384 g/mol. The number of nitrogens with one attached hydrogen (secondary N) is 1. The third-order valence-corrected chi connectivity index (χ3v) is 5.21. The fourth-order valence-corrected chi connectivity index (χ4v) is 3.39. The Kier molecular flexibility index (Phi) is 9.20. The molecule has 29 heavy (non-hydrogen) atoms. The van der Waals surface area contributed by atoms with Crippen LogP contribution in [0.4, 0.5) is 0 Å². The van der Waals surface area contributed by atoms with E-state index in [-0.39, 0.29) is 11.8 Å². The van der Waals surface area contributed by atoms with Crippen molar-refractivity contribution in [3.05, 3.63) is 70.7 Å². The molecule has 1 atom stereocenters. The number of hydrogen-bond donors (Lipinski definition) is 1. The lowest BCUT2D eigenvalue weighted by molar-refractivity contribution is -0.141. The number of rotatable bonds is 10. The minimum absolute atomic E-state index is 0.0414. The van der Waals surface area contributed by atoms with Crippen molar-refractivity contribution >= 4 is 23.4 Å². The van der Waals surface area contributed by atoms with Crippen molar-refractivity contribution in [2.45, 2.75) is 52.6 Å². The predicted octanol–water partition coefficient (Wildman–Crippen LogP) is 4.85. The zero-order chi connectivity index (χ0) is 21.2. The van der Waals surface area contributed by atoms with Crippen LogP contribution in [0.3, 0.4) is 0 Å². The Bertz CT molecular complexity index is 792. The predicted molar refractivity (Wildman–Crippen MR) is 119 cm³/mol. The lowest BCUT2D eigenvalue weighted by atomic mass is 10.1. The van der Waals surface area contributed by atoms with Gasteiger partial charge < -0.3 is 10.2 Å². The number of halogens is 1. The molecule has 0 aliphatic carbocycles. The summed E-state index contributed by atoms with van der Waals surface area (Å²) < 4.78 is 0. The van der Waals surface area contributed by atoms with Gasteiger partial charge in [0.25, 0.3) is 0 Å². The van der Waals surface area contributed by atoms with E-state index in [0.717, 1.165) is 11.1 Å². The van der Waals surface area contributed by atoms with Gasteiger partial charge in [-0.25, -0.2) is 0 Å². The largest absolute Gasteiger partial charge is 0.354 e. The van der Waals surface area contributed by atoms with E-state index in [1.54, 1.807) is 4.90 Å². The Labute approximate surface area is 179 Å². The summed E-state index contributed by atoms with van der Waals surface area (Å²) in [5.41, 5.74) is 1.95. The molecule has 0 aliphatic heterocycles. The van der Waals surface area contributed by atoms with Gasteiger partial charge in [-0.3, -0.25) is 9.59 Å². The summed E-state index contributed by atoms with van der Waals surface area (Å²) in [7, 11) is 0. The fourth-order valence-electron chi connectivity index (χ4n) is 3.19. The van der Waals surface area contributed by atoms with Crippen LogP contribution in [0.25, 0.3) is 0 Å². The lowest BCUT2D eigenvalue weighted by Gasteiger charge is -2.31. The molecule has 2 rings (SSSR count). The molecule has 156 valence electrons. The quantitative estimate of drug-likeness (QED) is 0.604. The second-order valence-electron chi connectivity index (χ2n) is 7.66. The SMILES string of the molecule is CC[C@H](C(=O)NCC(C)C)N(Cc1ccccc1Cl)C(=O)CCc1ccccc1. The van der Waals surface area contributed by atoms with Crippen LogP contribution in [-0.4, -0.2) is 29.3 Å². The van der Waals surface area contributed by atoms with E-state index < -0.39 is 6.04 Å². The summed E-state index contributed by atoms with van der Waals surface area (Å²) in [6, 6.07) is 16.9. The smallest absolute Gasteiger partial charge is 0.242 e. The fraction of sp³-hybridized carbons (Fsp3) is 0.417. The van der Waals surface area contributed by atoms with Crippen molar-refractivity contribution in [2.75, 3.05) is 6.54 Å². The van der Waals surface area contributed by atoms with E-state index in [4.69, 9.17) is 11.6 Å². The second kappa shape index (κ2) is 11.6. The number of aryl methyl sites for hydroxylation is 1. The molecule has 1 N–H and O–H groups in total. The van der Waals surface area contributed by atoms with Crippen molar-refractivity contribution < 1.29 is 9.59 Å². The highest BCUT2D eigenvalue weighted by atomic mass is 35.5. The standard InChI is InChI=1S/C24H31ClN2O2/c1-4-22(24(29)26-16-18(2)3)27(17-20-12-8-9-13-21(20)25)23(28)15-14-19-10-6-5-7-11-19/h5-13,18,22H,4,14-17H2,1-3H3,(H,26,29)/t22-/m1/s1. The molecule has 0 heterocycles. The van der Waals surface area contributed by atoms with E-state index in [0.29, 0.717) is 43.3 Å². The molecule has 0 bridgehead atoms. The first kappa shape index (κ1) is 23.0. The van der Waals surface area contributed by atoms with Gasteiger partial charge in [-0.15, -0.1) is 0 Å². The first-order valence-corrected chi connectivity index (χ1v) is 10.6.